The first kappa shape index (κ1) is 23.1. The molecular weight excluding hydrogens is 415 g/mol. The number of hydrogen-bond donors (Lipinski definition) is 2. The largest absolute Gasteiger partial charge is 0.465 e. The number of esters is 1. The van der Waals surface area contributed by atoms with Crippen molar-refractivity contribution in [2.45, 2.75) is 13.3 Å². The summed E-state index contributed by atoms with van der Waals surface area (Å²) in [5.41, 5.74) is 2.39. The quantitative estimate of drug-likeness (QED) is 0.643. The summed E-state index contributed by atoms with van der Waals surface area (Å²) in [6.45, 7) is 4.38. The van der Waals surface area contributed by atoms with Crippen LogP contribution in [-0.4, -0.2) is 62.1 Å². The van der Waals surface area contributed by atoms with Crippen LogP contribution in [0.1, 0.15) is 12.5 Å². The number of piperazine rings is 1. The highest BCUT2D eigenvalue weighted by molar-refractivity contribution is 5.91. The van der Waals surface area contributed by atoms with Crippen molar-refractivity contribution in [3.63, 3.8) is 0 Å². The van der Waals surface area contributed by atoms with Crippen molar-refractivity contribution in [2.24, 2.45) is 0 Å². The maximum atomic E-state index is 13.0. The van der Waals surface area contributed by atoms with E-state index in [-0.39, 0.29) is 31.3 Å². The third kappa shape index (κ3) is 6.69. The van der Waals surface area contributed by atoms with Gasteiger partial charge in [-0.2, -0.15) is 0 Å². The number of urea groups is 1. The molecule has 1 aliphatic rings. The monoisotopic (exact) mass is 442 g/mol. The van der Waals surface area contributed by atoms with E-state index in [1.165, 1.54) is 12.1 Å². The number of carbonyl (C=O) groups is 3. The van der Waals surface area contributed by atoms with Crippen LogP contribution >= 0.6 is 0 Å². The van der Waals surface area contributed by atoms with E-state index in [1.807, 2.05) is 17.0 Å². The molecule has 8 nitrogen and oxygen atoms in total. The molecule has 9 heteroatoms. The second-order valence-electron chi connectivity index (χ2n) is 7.33. The molecule has 2 N–H and O–H groups in total. The summed E-state index contributed by atoms with van der Waals surface area (Å²) >= 11 is 0. The average Bonchev–Trinajstić information content (AvgIpc) is 2.80. The number of anilines is 2. The van der Waals surface area contributed by atoms with E-state index in [2.05, 4.69) is 15.5 Å². The molecule has 0 radical (unpaired) electrons. The van der Waals surface area contributed by atoms with Crippen LogP contribution in [-0.2, 0) is 20.7 Å². The zero-order valence-corrected chi connectivity index (χ0v) is 18.0. The molecule has 0 saturated carbocycles. The molecule has 170 valence electrons. The van der Waals surface area contributed by atoms with E-state index in [0.29, 0.717) is 31.9 Å². The zero-order valence-electron chi connectivity index (χ0n) is 18.0. The summed E-state index contributed by atoms with van der Waals surface area (Å²) in [6, 6.07) is 12.9. The number of ether oxygens (including phenoxy) is 1. The lowest BCUT2D eigenvalue weighted by Crippen LogP contribution is -2.49. The summed E-state index contributed by atoms with van der Waals surface area (Å²) in [5, 5.41) is 5.10. The number of nitrogens with zero attached hydrogens (tertiary/aromatic N) is 2. The number of carbonyl (C=O) groups excluding carboxylic acids is 3. The minimum Gasteiger partial charge on any atom is -0.465 e. The molecular formula is C23H27FN4O4. The van der Waals surface area contributed by atoms with Crippen LogP contribution in [0.2, 0.25) is 0 Å². The van der Waals surface area contributed by atoms with Gasteiger partial charge in [0.1, 0.15) is 12.4 Å². The first-order chi connectivity index (χ1) is 15.4. The van der Waals surface area contributed by atoms with Crippen molar-refractivity contribution in [2.75, 3.05) is 49.5 Å². The number of rotatable bonds is 7. The number of nitrogens with one attached hydrogen (secondary N) is 2. The van der Waals surface area contributed by atoms with Gasteiger partial charge in [-0.15, -0.1) is 0 Å². The van der Waals surface area contributed by atoms with E-state index < -0.39 is 12.0 Å². The van der Waals surface area contributed by atoms with E-state index in [1.54, 1.807) is 31.2 Å². The van der Waals surface area contributed by atoms with Gasteiger partial charge in [-0.25, -0.2) is 9.18 Å². The molecule has 32 heavy (non-hydrogen) atoms. The molecule has 2 aromatic carbocycles. The summed E-state index contributed by atoms with van der Waals surface area (Å²) in [7, 11) is 0. The molecule has 0 spiro atoms. The Morgan fingerprint density at radius 1 is 0.969 bits per heavy atom. The van der Waals surface area contributed by atoms with Gasteiger partial charge in [0.05, 0.1) is 13.0 Å². The van der Waals surface area contributed by atoms with Crippen molar-refractivity contribution in [1.29, 1.82) is 0 Å². The molecule has 3 amide bonds. The normalized spacial score (nSPS) is 13.4. The van der Waals surface area contributed by atoms with E-state index in [4.69, 9.17) is 4.74 Å². The van der Waals surface area contributed by atoms with Crippen molar-refractivity contribution >= 4 is 29.3 Å². The van der Waals surface area contributed by atoms with Gasteiger partial charge in [0.2, 0.25) is 5.91 Å². The second-order valence-corrected chi connectivity index (χ2v) is 7.33. The van der Waals surface area contributed by atoms with Crippen molar-refractivity contribution < 1.29 is 23.5 Å². The Bertz CT molecular complexity index is 926. The lowest BCUT2D eigenvalue weighted by Gasteiger charge is -2.36. The molecule has 1 saturated heterocycles. The van der Waals surface area contributed by atoms with Gasteiger partial charge in [0, 0.05) is 37.6 Å². The molecule has 0 aliphatic carbocycles. The maximum absolute atomic E-state index is 13.0. The van der Waals surface area contributed by atoms with Gasteiger partial charge in [-0.1, -0.05) is 12.1 Å². The molecule has 3 rings (SSSR count). The smallest absolute Gasteiger partial charge is 0.325 e. The molecule has 0 atom stereocenters. The summed E-state index contributed by atoms with van der Waals surface area (Å²) in [5.74, 6) is -0.772. The number of halogens is 1. The molecule has 1 aliphatic heterocycles. The highest BCUT2D eigenvalue weighted by Crippen LogP contribution is 2.20. The SMILES string of the molecule is CCOC(=O)CNC(=O)Nc1ccc(N2CCN(C(=O)Cc3ccc(F)cc3)CC2)cc1. The van der Waals surface area contributed by atoms with Gasteiger partial charge < -0.3 is 25.2 Å². The predicted molar refractivity (Wildman–Crippen MR) is 119 cm³/mol. The first-order valence-corrected chi connectivity index (χ1v) is 10.5. The van der Waals surface area contributed by atoms with E-state index in [9.17, 15) is 18.8 Å². The third-order valence-electron chi connectivity index (χ3n) is 5.09. The molecule has 2 aromatic rings. The fourth-order valence-electron chi connectivity index (χ4n) is 3.40. The lowest BCUT2D eigenvalue weighted by molar-refractivity contribution is -0.141. The Balaban J connectivity index is 1.44. The fourth-order valence-corrected chi connectivity index (χ4v) is 3.40. The molecule has 0 aromatic heterocycles. The second kappa shape index (κ2) is 11.1. The van der Waals surface area contributed by atoms with Crippen LogP contribution in [0.3, 0.4) is 0 Å². The highest BCUT2D eigenvalue weighted by Gasteiger charge is 2.21. The standard InChI is InChI=1S/C23H27FN4O4/c1-2-32-22(30)16-25-23(31)26-19-7-9-20(10-8-19)27-11-13-28(14-12-27)21(29)15-17-3-5-18(24)6-4-17/h3-10H,2,11-16H2,1H3,(H2,25,26,31). The van der Waals surface area contributed by atoms with Crippen LogP contribution in [0.4, 0.5) is 20.6 Å². The Morgan fingerprint density at radius 3 is 2.25 bits per heavy atom. The first-order valence-electron chi connectivity index (χ1n) is 10.5. The third-order valence-corrected chi connectivity index (χ3v) is 5.09. The van der Waals surface area contributed by atoms with Gasteiger partial charge in [-0.05, 0) is 48.9 Å². The van der Waals surface area contributed by atoms with Crippen LogP contribution in [0.15, 0.2) is 48.5 Å². The lowest BCUT2D eigenvalue weighted by atomic mass is 10.1. The van der Waals surface area contributed by atoms with Crippen LogP contribution < -0.4 is 15.5 Å². The summed E-state index contributed by atoms with van der Waals surface area (Å²) in [6.07, 6.45) is 0.263. The Kier molecular flexibility index (Phi) is 8.02. The minimum atomic E-state index is -0.492. The van der Waals surface area contributed by atoms with Crippen LogP contribution in [0.25, 0.3) is 0 Å². The topological polar surface area (TPSA) is 91.0 Å². The molecule has 1 heterocycles. The summed E-state index contributed by atoms with van der Waals surface area (Å²) < 4.78 is 17.8. The van der Waals surface area contributed by atoms with E-state index >= 15 is 0 Å². The number of amides is 3. The average molecular weight is 442 g/mol. The maximum Gasteiger partial charge on any atom is 0.325 e. The molecule has 0 unspecified atom stereocenters. The Morgan fingerprint density at radius 2 is 1.62 bits per heavy atom. The number of hydrogen-bond acceptors (Lipinski definition) is 5. The van der Waals surface area contributed by atoms with Gasteiger partial charge in [0.25, 0.3) is 0 Å². The van der Waals surface area contributed by atoms with Gasteiger partial charge in [0.15, 0.2) is 0 Å². The zero-order chi connectivity index (χ0) is 22.9. The predicted octanol–water partition coefficient (Wildman–Crippen LogP) is 2.40. The Labute approximate surface area is 186 Å². The van der Waals surface area contributed by atoms with Gasteiger partial charge >= 0.3 is 12.0 Å². The van der Waals surface area contributed by atoms with Gasteiger partial charge in [-0.3, -0.25) is 9.59 Å². The van der Waals surface area contributed by atoms with Crippen LogP contribution in [0, 0.1) is 5.82 Å². The van der Waals surface area contributed by atoms with E-state index in [0.717, 1.165) is 11.3 Å². The molecule has 0 bridgehead atoms. The highest BCUT2D eigenvalue weighted by atomic mass is 19.1. The molecule has 1 fully saturated rings. The summed E-state index contributed by atoms with van der Waals surface area (Å²) in [4.78, 5) is 39.6. The van der Waals surface area contributed by atoms with Crippen LogP contribution in [0.5, 0.6) is 0 Å². The Hall–Kier alpha value is -3.62. The van der Waals surface area contributed by atoms with Crippen molar-refractivity contribution in [3.05, 3.63) is 59.9 Å². The van der Waals surface area contributed by atoms with Crippen molar-refractivity contribution in [3.8, 4) is 0 Å². The fraction of sp³-hybridized carbons (Fsp3) is 0.348. The number of benzene rings is 2. The minimum absolute atomic E-state index is 0.0321. The van der Waals surface area contributed by atoms with Crippen molar-refractivity contribution in [1.82, 2.24) is 10.2 Å².